The molecule has 4 rings (SSSR count). The third-order valence-corrected chi connectivity index (χ3v) is 9.35. The number of anilines is 1. The second-order valence-electron chi connectivity index (χ2n) is 10.4. The minimum atomic E-state index is -3.82. The fourth-order valence-electron chi connectivity index (χ4n) is 5.13. The van der Waals surface area contributed by atoms with E-state index in [2.05, 4.69) is 21.2 Å². The molecular formula is C31H35BrClN3O4S. The maximum absolute atomic E-state index is 14.2. The van der Waals surface area contributed by atoms with Gasteiger partial charge in [-0.2, -0.15) is 0 Å². The van der Waals surface area contributed by atoms with Crippen molar-refractivity contribution in [3.63, 3.8) is 0 Å². The van der Waals surface area contributed by atoms with Crippen LogP contribution in [0, 0.1) is 0 Å². The lowest BCUT2D eigenvalue weighted by atomic mass is 9.94. The second kappa shape index (κ2) is 14.3. The number of amides is 2. The molecule has 3 aromatic rings. The largest absolute Gasteiger partial charge is 0.352 e. The molecule has 0 bridgehead atoms. The average Bonchev–Trinajstić information content (AvgIpc) is 2.95. The fraction of sp³-hybridized carbons (Fsp3) is 0.355. The monoisotopic (exact) mass is 659 g/mol. The van der Waals surface area contributed by atoms with Crippen LogP contribution in [0.15, 0.2) is 83.3 Å². The first-order valence-electron chi connectivity index (χ1n) is 13.7. The van der Waals surface area contributed by atoms with Crippen molar-refractivity contribution in [2.75, 3.05) is 17.1 Å². The Morgan fingerprint density at radius 3 is 2.22 bits per heavy atom. The highest BCUT2D eigenvalue weighted by atomic mass is 79.9. The highest BCUT2D eigenvalue weighted by Crippen LogP contribution is 2.25. The number of sulfonamides is 1. The van der Waals surface area contributed by atoms with Crippen LogP contribution in [0.25, 0.3) is 0 Å². The number of carbonyl (C=O) groups excluding carboxylic acids is 2. The summed E-state index contributed by atoms with van der Waals surface area (Å²) in [6.07, 6.45) is 6.38. The van der Waals surface area contributed by atoms with E-state index in [0.717, 1.165) is 52.7 Å². The molecule has 3 aromatic carbocycles. The number of hydrogen-bond acceptors (Lipinski definition) is 4. The van der Waals surface area contributed by atoms with Gasteiger partial charge in [0, 0.05) is 28.5 Å². The van der Waals surface area contributed by atoms with Crippen LogP contribution in [0.5, 0.6) is 0 Å². The fourth-order valence-corrected chi connectivity index (χ4v) is 6.44. The van der Waals surface area contributed by atoms with Crippen molar-refractivity contribution in [2.45, 2.75) is 57.2 Å². The Morgan fingerprint density at radius 2 is 1.59 bits per heavy atom. The van der Waals surface area contributed by atoms with Gasteiger partial charge in [-0.3, -0.25) is 13.9 Å². The maximum atomic E-state index is 14.2. The summed E-state index contributed by atoms with van der Waals surface area (Å²) in [6, 6.07) is 22.6. The van der Waals surface area contributed by atoms with Gasteiger partial charge >= 0.3 is 0 Å². The van der Waals surface area contributed by atoms with Gasteiger partial charge in [0.25, 0.3) is 0 Å². The smallest absolute Gasteiger partial charge is 0.244 e. The van der Waals surface area contributed by atoms with Crippen molar-refractivity contribution in [2.24, 2.45) is 0 Å². The Labute approximate surface area is 256 Å². The third-order valence-electron chi connectivity index (χ3n) is 7.31. The number of benzene rings is 3. The van der Waals surface area contributed by atoms with Crippen LogP contribution in [-0.2, 0) is 32.6 Å². The molecule has 0 saturated heterocycles. The summed E-state index contributed by atoms with van der Waals surface area (Å²) in [5.41, 5.74) is 1.91. The molecule has 1 fully saturated rings. The SMILES string of the molecule is CS(=O)(=O)N(CC(=O)N(Cc1ccccc1Cl)[C@H](Cc1ccccc1)C(=O)NC1CCCCC1)c1ccc(Br)cc1. The van der Waals surface area contributed by atoms with Gasteiger partial charge in [-0.1, -0.05) is 95.3 Å². The van der Waals surface area contributed by atoms with Crippen LogP contribution in [0.3, 0.4) is 0 Å². The zero-order valence-electron chi connectivity index (χ0n) is 23.0. The summed E-state index contributed by atoms with van der Waals surface area (Å²) < 4.78 is 27.6. The van der Waals surface area contributed by atoms with Crippen LogP contribution in [0.4, 0.5) is 5.69 Å². The number of rotatable bonds is 11. The van der Waals surface area contributed by atoms with Gasteiger partial charge < -0.3 is 10.2 Å². The highest BCUT2D eigenvalue weighted by Gasteiger charge is 2.34. The summed E-state index contributed by atoms with van der Waals surface area (Å²) in [5, 5.41) is 3.66. The first-order chi connectivity index (χ1) is 19.6. The number of halogens is 2. The summed E-state index contributed by atoms with van der Waals surface area (Å²) in [6.45, 7) is -0.418. The molecule has 0 spiro atoms. The molecule has 1 aliphatic rings. The Balaban J connectivity index is 1.72. The summed E-state index contributed by atoms with van der Waals surface area (Å²) in [4.78, 5) is 29.6. The molecule has 1 saturated carbocycles. The van der Waals surface area contributed by atoms with Crippen molar-refractivity contribution in [3.8, 4) is 0 Å². The molecule has 7 nitrogen and oxygen atoms in total. The molecule has 1 N–H and O–H groups in total. The molecule has 0 heterocycles. The number of nitrogens with zero attached hydrogens (tertiary/aromatic N) is 2. The second-order valence-corrected chi connectivity index (χ2v) is 13.6. The van der Waals surface area contributed by atoms with Crippen LogP contribution in [0.2, 0.25) is 5.02 Å². The van der Waals surface area contributed by atoms with E-state index in [9.17, 15) is 18.0 Å². The molecule has 10 heteroatoms. The molecule has 1 aliphatic carbocycles. The van der Waals surface area contributed by atoms with E-state index in [1.165, 1.54) is 4.90 Å². The minimum Gasteiger partial charge on any atom is -0.352 e. The van der Waals surface area contributed by atoms with E-state index in [1.807, 2.05) is 42.5 Å². The van der Waals surface area contributed by atoms with Crippen molar-refractivity contribution >= 4 is 55.1 Å². The van der Waals surface area contributed by atoms with Gasteiger partial charge in [0.05, 0.1) is 11.9 Å². The Kier molecular flexibility index (Phi) is 10.9. The van der Waals surface area contributed by atoms with Crippen LogP contribution >= 0.6 is 27.5 Å². The predicted octanol–water partition coefficient (Wildman–Crippen LogP) is 5.96. The standard InChI is InChI=1S/C31H35BrClN3O4S/c1-41(39,40)36(27-18-16-25(32)17-19-27)22-30(37)35(21-24-12-8-9-15-28(24)33)29(20-23-10-4-2-5-11-23)31(38)34-26-13-6-3-7-14-26/h2,4-5,8-12,15-19,26,29H,3,6-7,13-14,20-22H2,1H3,(H,34,38)/t29-/m1/s1. The summed E-state index contributed by atoms with van der Waals surface area (Å²) in [5.74, 6) is -0.756. The lowest BCUT2D eigenvalue weighted by Gasteiger charge is -2.35. The van der Waals surface area contributed by atoms with Gasteiger partial charge in [-0.25, -0.2) is 8.42 Å². The van der Waals surface area contributed by atoms with Gasteiger partial charge in [0.1, 0.15) is 12.6 Å². The summed E-state index contributed by atoms with van der Waals surface area (Å²) in [7, 11) is -3.82. The van der Waals surface area contributed by atoms with E-state index in [1.54, 1.807) is 36.4 Å². The molecule has 41 heavy (non-hydrogen) atoms. The molecule has 2 amide bonds. The Hall–Kier alpha value is -2.88. The van der Waals surface area contributed by atoms with Gasteiger partial charge in [-0.15, -0.1) is 0 Å². The Bertz CT molecular complexity index is 1430. The predicted molar refractivity (Wildman–Crippen MR) is 167 cm³/mol. The molecule has 0 aliphatic heterocycles. The molecule has 0 radical (unpaired) electrons. The Morgan fingerprint density at radius 1 is 0.951 bits per heavy atom. The number of nitrogens with one attached hydrogen (secondary N) is 1. The van der Waals surface area contributed by atoms with Crippen LogP contribution in [0.1, 0.15) is 43.2 Å². The lowest BCUT2D eigenvalue weighted by Crippen LogP contribution is -2.55. The van der Waals surface area contributed by atoms with Crippen LogP contribution in [-0.4, -0.2) is 50.0 Å². The normalized spacial score (nSPS) is 14.7. The highest BCUT2D eigenvalue weighted by molar-refractivity contribution is 9.10. The quantitative estimate of drug-likeness (QED) is 0.275. The van der Waals surface area contributed by atoms with Crippen molar-refractivity contribution < 1.29 is 18.0 Å². The molecular weight excluding hydrogens is 626 g/mol. The first-order valence-corrected chi connectivity index (χ1v) is 16.7. The van der Waals surface area contributed by atoms with Crippen molar-refractivity contribution in [1.29, 1.82) is 0 Å². The zero-order valence-corrected chi connectivity index (χ0v) is 26.2. The maximum Gasteiger partial charge on any atom is 0.244 e. The topological polar surface area (TPSA) is 86.8 Å². The van der Waals surface area contributed by atoms with E-state index in [-0.39, 0.29) is 24.9 Å². The number of carbonyl (C=O) groups is 2. The molecule has 0 aromatic heterocycles. The van der Waals surface area contributed by atoms with Crippen molar-refractivity contribution in [3.05, 3.63) is 99.5 Å². The first kappa shape index (κ1) is 31.1. The van der Waals surface area contributed by atoms with Crippen molar-refractivity contribution in [1.82, 2.24) is 10.2 Å². The van der Waals surface area contributed by atoms with E-state index in [0.29, 0.717) is 16.3 Å². The molecule has 0 unspecified atom stereocenters. The third kappa shape index (κ3) is 8.80. The van der Waals surface area contributed by atoms with Crippen LogP contribution < -0.4 is 9.62 Å². The van der Waals surface area contributed by atoms with Gasteiger partial charge in [0.15, 0.2) is 0 Å². The lowest BCUT2D eigenvalue weighted by molar-refractivity contribution is -0.140. The molecule has 1 atom stereocenters. The zero-order chi connectivity index (χ0) is 29.4. The van der Waals surface area contributed by atoms with E-state index in [4.69, 9.17) is 11.6 Å². The van der Waals surface area contributed by atoms with Gasteiger partial charge in [-0.05, 0) is 54.3 Å². The van der Waals surface area contributed by atoms with E-state index >= 15 is 0 Å². The van der Waals surface area contributed by atoms with E-state index < -0.39 is 28.5 Å². The summed E-state index contributed by atoms with van der Waals surface area (Å²) >= 11 is 9.88. The molecule has 218 valence electrons. The van der Waals surface area contributed by atoms with Gasteiger partial charge in [0.2, 0.25) is 21.8 Å². The average molecular weight is 661 g/mol. The number of hydrogen-bond donors (Lipinski definition) is 1. The minimum absolute atomic E-state index is 0.0436.